The summed E-state index contributed by atoms with van der Waals surface area (Å²) in [4.78, 5) is 0. The van der Waals surface area contributed by atoms with Crippen LogP contribution in [0.2, 0.25) is 0 Å². The smallest absolute Gasteiger partial charge is 0.187 e. The molecule has 1 heterocycles. The molecule has 1 aromatic rings. The van der Waals surface area contributed by atoms with Crippen LogP contribution in [0.4, 0.5) is 0 Å². The van der Waals surface area contributed by atoms with Gasteiger partial charge in [-0.3, -0.25) is 0 Å². The molecule has 0 aromatic heterocycles. The van der Waals surface area contributed by atoms with Crippen molar-refractivity contribution >= 4 is 0 Å². The van der Waals surface area contributed by atoms with Crippen molar-refractivity contribution in [1.82, 2.24) is 0 Å². The number of rotatable bonds is 4. The van der Waals surface area contributed by atoms with Crippen LogP contribution in [0.25, 0.3) is 0 Å². The van der Waals surface area contributed by atoms with Crippen LogP contribution in [-0.4, -0.2) is 62.8 Å². The van der Waals surface area contributed by atoms with Crippen molar-refractivity contribution in [3.8, 4) is 5.75 Å². The number of hydrogen-bond donors (Lipinski definition) is 5. The molecule has 0 saturated carbocycles. The number of aliphatic hydroxyl groups excluding tert-OH is 4. The Labute approximate surface area is 115 Å². The number of phenols is 1. The highest BCUT2D eigenvalue weighted by atomic mass is 16.7. The van der Waals surface area contributed by atoms with Crippen molar-refractivity contribution in [3.63, 3.8) is 0 Å². The molecule has 1 aromatic carbocycles. The van der Waals surface area contributed by atoms with Gasteiger partial charge >= 0.3 is 0 Å². The van der Waals surface area contributed by atoms with Crippen molar-refractivity contribution in [2.75, 3.05) is 6.61 Å². The molecule has 0 spiro atoms. The van der Waals surface area contributed by atoms with Crippen molar-refractivity contribution in [2.24, 2.45) is 0 Å². The average molecular weight is 286 g/mol. The SMILES string of the molecule is OC[C@H]1O[C@H](OCc2ccc(O)cc2)[C@H](O)[C@@H](O)[C@@H]1O. The minimum absolute atomic E-state index is 0.0863. The van der Waals surface area contributed by atoms with E-state index in [1.54, 1.807) is 12.1 Å². The number of hydrogen-bond acceptors (Lipinski definition) is 7. The largest absolute Gasteiger partial charge is 0.508 e. The molecule has 5 atom stereocenters. The Kier molecular flexibility index (Phi) is 4.92. The Morgan fingerprint density at radius 3 is 2.25 bits per heavy atom. The molecule has 5 N–H and O–H groups in total. The molecule has 1 fully saturated rings. The minimum atomic E-state index is -1.45. The normalized spacial score (nSPS) is 34.1. The number of benzene rings is 1. The second kappa shape index (κ2) is 6.49. The summed E-state index contributed by atoms with van der Waals surface area (Å²) in [6.07, 6.45) is -6.41. The summed E-state index contributed by atoms with van der Waals surface area (Å²) in [5, 5.41) is 47.2. The molecule has 7 heteroatoms. The lowest BCUT2D eigenvalue weighted by Crippen LogP contribution is -2.59. The first kappa shape index (κ1) is 15.2. The molecular formula is C13H18O7. The van der Waals surface area contributed by atoms with E-state index in [-0.39, 0.29) is 12.4 Å². The molecule has 20 heavy (non-hydrogen) atoms. The Balaban J connectivity index is 1.95. The van der Waals surface area contributed by atoms with Gasteiger partial charge in [0.25, 0.3) is 0 Å². The summed E-state index contributed by atoms with van der Waals surface area (Å²) in [6, 6.07) is 6.26. The van der Waals surface area contributed by atoms with E-state index in [4.69, 9.17) is 19.7 Å². The van der Waals surface area contributed by atoms with Crippen LogP contribution < -0.4 is 0 Å². The molecule has 1 saturated heterocycles. The molecule has 2 rings (SSSR count). The van der Waals surface area contributed by atoms with Gasteiger partial charge in [-0.15, -0.1) is 0 Å². The highest BCUT2D eigenvalue weighted by molar-refractivity contribution is 5.25. The summed E-state index contributed by atoms with van der Waals surface area (Å²) in [7, 11) is 0. The minimum Gasteiger partial charge on any atom is -0.508 e. The predicted octanol–water partition coefficient (Wildman–Crippen LogP) is -1.29. The van der Waals surface area contributed by atoms with E-state index >= 15 is 0 Å². The second-order valence-electron chi connectivity index (χ2n) is 4.67. The average Bonchev–Trinajstić information content (AvgIpc) is 2.46. The van der Waals surface area contributed by atoms with Gasteiger partial charge in [0.05, 0.1) is 13.2 Å². The lowest BCUT2D eigenvalue weighted by molar-refractivity contribution is -0.304. The Morgan fingerprint density at radius 2 is 1.65 bits per heavy atom. The fourth-order valence-corrected chi connectivity index (χ4v) is 1.98. The van der Waals surface area contributed by atoms with Crippen molar-refractivity contribution in [1.29, 1.82) is 0 Å². The van der Waals surface area contributed by atoms with Gasteiger partial charge < -0.3 is 35.0 Å². The summed E-state index contributed by atoms with van der Waals surface area (Å²) in [5.41, 5.74) is 0.736. The third-order valence-electron chi connectivity index (χ3n) is 3.20. The first-order valence-electron chi connectivity index (χ1n) is 6.23. The molecular weight excluding hydrogens is 268 g/mol. The van der Waals surface area contributed by atoms with Crippen LogP contribution in [0.5, 0.6) is 5.75 Å². The zero-order chi connectivity index (χ0) is 14.7. The van der Waals surface area contributed by atoms with E-state index in [9.17, 15) is 15.3 Å². The van der Waals surface area contributed by atoms with Crippen molar-refractivity contribution in [3.05, 3.63) is 29.8 Å². The number of ether oxygens (including phenoxy) is 2. The van der Waals surface area contributed by atoms with Gasteiger partial charge in [0.15, 0.2) is 6.29 Å². The van der Waals surface area contributed by atoms with E-state index in [1.165, 1.54) is 12.1 Å². The van der Waals surface area contributed by atoms with Crippen molar-refractivity contribution < 1.29 is 35.0 Å². The lowest BCUT2D eigenvalue weighted by atomic mass is 9.99. The van der Waals surface area contributed by atoms with Gasteiger partial charge in [-0.2, -0.15) is 0 Å². The molecule has 0 radical (unpaired) electrons. The highest BCUT2D eigenvalue weighted by Crippen LogP contribution is 2.23. The highest BCUT2D eigenvalue weighted by Gasteiger charge is 2.43. The van der Waals surface area contributed by atoms with Crippen LogP contribution in [0, 0.1) is 0 Å². The third kappa shape index (κ3) is 3.26. The van der Waals surface area contributed by atoms with Crippen LogP contribution in [0.1, 0.15) is 5.56 Å². The van der Waals surface area contributed by atoms with E-state index in [0.717, 1.165) is 5.56 Å². The summed E-state index contributed by atoms with van der Waals surface area (Å²) in [6.45, 7) is -0.410. The van der Waals surface area contributed by atoms with Crippen LogP contribution >= 0.6 is 0 Å². The monoisotopic (exact) mass is 286 g/mol. The Morgan fingerprint density at radius 1 is 1.00 bits per heavy atom. The lowest BCUT2D eigenvalue weighted by Gasteiger charge is -2.39. The molecule has 0 amide bonds. The molecule has 1 aliphatic rings. The van der Waals surface area contributed by atoms with Gasteiger partial charge in [-0.1, -0.05) is 12.1 Å². The quantitative estimate of drug-likeness (QED) is 0.467. The molecule has 0 unspecified atom stereocenters. The maximum Gasteiger partial charge on any atom is 0.187 e. The van der Waals surface area contributed by atoms with Gasteiger partial charge in [-0.25, -0.2) is 0 Å². The number of aliphatic hydroxyl groups is 4. The molecule has 0 aliphatic carbocycles. The summed E-state index contributed by atoms with van der Waals surface area (Å²) < 4.78 is 10.5. The Bertz CT molecular complexity index is 419. The van der Waals surface area contributed by atoms with E-state index in [1.807, 2.05) is 0 Å². The summed E-state index contributed by atoms with van der Waals surface area (Å²) in [5.74, 6) is 0.126. The van der Waals surface area contributed by atoms with Crippen LogP contribution in [-0.2, 0) is 16.1 Å². The standard InChI is InChI=1S/C13H18O7/c14-5-9-10(16)11(17)12(18)13(20-9)19-6-7-1-3-8(15)4-2-7/h1-4,9-18H,5-6H2/t9-,10-,11+,12-,13+/m1/s1. The van der Waals surface area contributed by atoms with E-state index in [2.05, 4.69) is 0 Å². The fraction of sp³-hybridized carbons (Fsp3) is 0.538. The van der Waals surface area contributed by atoms with Gasteiger partial charge in [0.2, 0.25) is 0 Å². The first-order chi connectivity index (χ1) is 9.52. The Hall–Kier alpha value is -1.22. The predicted molar refractivity (Wildman–Crippen MR) is 66.7 cm³/mol. The zero-order valence-electron chi connectivity index (χ0n) is 10.7. The molecule has 1 aliphatic heterocycles. The second-order valence-corrected chi connectivity index (χ2v) is 4.67. The topological polar surface area (TPSA) is 120 Å². The van der Waals surface area contributed by atoms with Gasteiger partial charge in [-0.05, 0) is 17.7 Å². The van der Waals surface area contributed by atoms with Crippen LogP contribution in [0.3, 0.4) is 0 Å². The maximum atomic E-state index is 9.76. The molecule has 112 valence electrons. The van der Waals surface area contributed by atoms with Gasteiger partial charge in [0.1, 0.15) is 30.2 Å². The first-order valence-corrected chi connectivity index (χ1v) is 6.23. The van der Waals surface area contributed by atoms with Crippen molar-refractivity contribution in [2.45, 2.75) is 37.3 Å². The van der Waals surface area contributed by atoms with Crippen LogP contribution in [0.15, 0.2) is 24.3 Å². The molecule has 7 nitrogen and oxygen atoms in total. The van der Waals surface area contributed by atoms with E-state index in [0.29, 0.717) is 0 Å². The molecule has 0 bridgehead atoms. The van der Waals surface area contributed by atoms with Gasteiger partial charge in [0, 0.05) is 0 Å². The summed E-state index contributed by atoms with van der Waals surface area (Å²) >= 11 is 0. The number of phenolic OH excluding ortho intramolecular Hbond substituents is 1. The third-order valence-corrected chi connectivity index (χ3v) is 3.20. The van der Waals surface area contributed by atoms with E-state index < -0.39 is 37.3 Å². The fourth-order valence-electron chi connectivity index (χ4n) is 1.98. The zero-order valence-corrected chi connectivity index (χ0v) is 10.7. The maximum absolute atomic E-state index is 9.76. The number of aromatic hydroxyl groups is 1.